The number of hydrogen-bond acceptors (Lipinski definition) is 10. The average molecular weight is 433 g/mol. The number of carbonyl (C=O) groups excluding carboxylic acids is 1. The first-order valence-electron chi connectivity index (χ1n) is 9.14. The second-order valence-corrected chi connectivity index (χ2v) is 6.48. The molecule has 0 fully saturated rings. The van der Waals surface area contributed by atoms with E-state index in [4.69, 9.17) is 5.73 Å². The van der Waals surface area contributed by atoms with E-state index in [-0.39, 0.29) is 23.0 Å². The number of hydrogen-bond donors (Lipinski definition) is 2. The number of nitro benzene ring substituents is 1. The van der Waals surface area contributed by atoms with Gasteiger partial charge in [-0.05, 0) is 34.9 Å². The van der Waals surface area contributed by atoms with E-state index in [0.29, 0.717) is 22.5 Å². The zero-order valence-electron chi connectivity index (χ0n) is 16.5. The third-order valence-electron chi connectivity index (χ3n) is 4.45. The molecule has 0 atom stereocenters. The maximum Gasteiger partial charge on any atom is 0.294 e. The molecule has 4 rings (SSSR count). The van der Waals surface area contributed by atoms with Crippen molar-refractivity contribution < 1.29 is 14.3 Å². The fourth-order valence-electron chi connectivity index (χ4n) is 2.85. The zero-order chi connectivity index (χ0) is 22.7. The van der Waals surface area contributed by atoms with E-state index in [1.807, 2.05) is 6.07 Å². The third-order valence-corrected chi connectivity index (χ3v) is 4.45. The number of nitrogens with zero attached hydrogens (tertiary/aromatic N) is 7. The van der Waals surface area contributed by atoms with Crippen molar-refractivity contribution in [3.8, 4) is 17.1 Å². The fraction of sp³-hybridized carbons (Fsp3) is 0.0526. The van der Waals surface area contributed by atoms with E-state index in [9.17, 15) is 14.9 Å². The standard InChI is InChI=1S/C19H15N9O4/c1-11(12-7-9-14(10-8-12)28(30)31)21-23-19(29)15-16(13-5-3-2-4-6-13)27(26-22-15)18-17(20)24-32-25-18/h2-10H,1H3,(H2,20,24)(H,23,29)/b21-11+. The summed E-state index contributed by atoms with van der Waals surface area (Å²) in [6, 6.07) is 14.7. The largest absolute Gasteiger partial charge is 0.378 e. The van der Waals surface area contributed by atoms with Gasteiger partial charge in [0.05, 0.1) is 10.6 Å². The van der Waals surface area contributed by atoms with Gasteiger partial charge in [-0.3, -0.25) is 14.9 Å². The highest BCUT2D eigenvalue weighted by Crippen LogP contribution is 2.26. The number of amides is 1. The Labute approximate surface area is 179 Å². The summed E-state index contributed by atoms with van der Waals surface area (Å²) in [5, 5.41) is 30.1. The Morgan fingerprint density at radius 1 is 1.16 bits per heavy atom. The Morgan fingerprint density at radius 3 is 2.50 bits per heavy atom. The van der Waals surface area contributed by atoms with E-state index in [0.717, 1.165) is 0 Å². The highest BCUT2D eigenvalue weighted by atomic mass is 16.6. The van der Waals surface area contributed by atoms with Gasteiger partial charge in [0.25, 0.3) is 11.6 Å². The van der Waals surface area contributed by atoms with Crippen LogP contribution in [0.5, 0.6) is 0 Å². The lowest BCUT2D eigenvalue weighted by Gasteiger charge is -2.06. The molecule has 3 N–H and O–H groups in total. The molecule has 0 radical (unpaired) electrons. The number of nitrogens with two attached hydrogens (primary N) is 1. The molecule has 13 heteroatoms. The summed E-state index contributed by atoms with van der Waals surface area (Å²) in [5.74, 6) is -0.571. The molecule has 2 aromatic heterocycles. The lowest BCUT2D eigenvalue weighted by Crippen LogP contribution is -2.21. The Balaban J connectivity index is 1.65. The molecule has 0 saturated carbocycles. The summed E-state index contributed by atoms with van der Waals surface area (Å²) in [7, 11) is 0. The number of nitrogen functional groups attached to an aromatic ring is 1. The van der Waals surface area contributed by atoms with E-state index in [1.54, 1.807) is 31.2 Å². The van der Waals surface area contributed by atoms with Crippen LogP contribution in [-0.4, -0.2) is 41.8 Å². The molecule has 0 saturated heterocycles. The summed E-state index contributed by atoms with van der Waals surface area (Å²) in [4.78, 5) is 23.2. The average Bonchev–Trinajstić information content (AvgIpc) is 3.43. The molecule has 160 valence electrons. The zero-order valence-corrected chi connectivity index (χ0v) is 16.5. The summed E-state index contributed by atoms with van der Waals surface area (Å²) in [6.07, 6.45) is 0. The molecule has 0 bridgehead atoms. The minimum absolute atomic E-state index is 0.0222. The molecule has 0 aliphatic rings. The SMILES string of the molecule is C/C(=N\NC(=O)c1nnn(-c2nonc2N)c1-c1ccccc1)c1ccc([N+](=O)[O-])cc1. The minimum atomic E-state index is -0.633. The van der Waals surface area contributed by atoms with Crippen molar-refractivity contribution in [2.75, 3.05) is 5.73 Å². The molecule has 2 aromatic carbocycles. The van der Waals surface area contributed by atoms with Gasteiger partial charge in [-0.25, -0.2) is 10.1 Å². The van der Waals surface area contributed by atoms with Crippen molar-refractivity contribution in [2.24, 2.45) is 5.10 Å². The molecule has 0 aliphatic carbocycles. The van der Waals surface area contributed by atoms with Gasteiger partial charge in [0.2, 0.25) is 11.6 Å². The van der Waals surface area contributed by atoms with Gasteiger partial charge < -0.3 is 5.73 Å². The van der Waals surface area contributed by atoms with Crippen molar-refractivity contribution in [3.63, 3.8) is 0 Å². The number of hydrazone groups is 1. The maximum atomic E-state index is 12.9. The summed E-state index contributed by atoms with van der Waals surface area (Å²) >= 11 is 0. The van der Waals surface area contributed by atoms with Gasteiger partial charge in [-0.2, -0.15) is 9.78 Å². The number of nitro groups is 1. The molecule has 0 aliphatic heterocycles. The van der Waals surface area contributed by atoms with Crippen LogP contribution >= 0.6 is 0 Å². The van der Waals surface area contributed by atoms with Crippen LogP contribution in [0.3, 0.4) is 0 Å². The third kappa shape index (κ3) is 3.89. The van der Waals surface area contributed by atoms with Gasteiger partial charge in [-0.1, -0.05) is 35.5 Å². The highest BCUT2D eigenvalue weighted by Gasteiger charge is 2.25. The van der Waals surface area contributed by atoms with E-state index in [2.05, 4.69) is 35.8 Å². The van der Waals surface area contributed by atoms with E-state index >= 15 is 0 Å². The highest BCUT2D eigenvalue weighted by molar-refractivity contribution is 6.02. The minimum Gasteiger partial charge on any atom is -0.378 e. The van der Waals surface area contributed by atoms with Crippen LogP contribution in [0.25, 0.3) is 17.1 Å². The Morgan fingerprint density at radius 2 is 1.88 bits per heavy atom. The summed E-state index contributed by atoms with van der Waals surface area (Å²) in [5.41, 5.74) is 10.1. The molecular formula is C19H15N9O4. The van der Waals surface area contributed by atoms with Gasteiger partial charge >= 0.3 is 0 Å². The predicted octanol–water partition coefficient (Wildman–Crippen LogP) is 1.96. The second-order valence-electron chi connectivity index (χ2n) is 6.48. The van der Waals surface area contributed by atoms with Gasteiger partial charge in [-0.15, -0.1) is 5.10 Å². The van der Waals surface area contributed by atoms with Crippen LogP contribution in [0.2, 0.25) is 0 Å². The van der Waals surface area contributed by atoms with Crippen LogP contribution in [0.15, 0.2) is 64.3 Å². The molecule has 0 unspecified atom stereocenters. The first-order chi connectivity index (χ1) is 15.5. The Hall–Kier alpha value is -4.94. The van der Waals surface area contributed by atoms with E-state index in [1.165, 1.54) is 28.9 Å². The van der Waals surface area contributed by atoms with Gasteiger partial charge in [0.15, 0.2) is 5.69 Å². The normalized spacial score (nSPS) is 11.3. The Bertz CT molecular complexity index is 1310. The lowest BCUT2D eigenvalue weighted by molar-refractivity contribution is -0.384. The first kappa shape index (κ1) is 20.3. The number of rotatable bonds is 6. The van der Waals surface area contributed by atoms with Crippen LogP contribution in [0.1, 0.15) is 23.0 Å². The topological polar surface area (TPSA) is 180 Å². The predicted molar refractivity (Wildman–Crippen MR) is 112 cm³/mol. The summed E-state index contributed by atoms with van der Waals surface area (Å²) in [6.45, 7) is 1.65. The number of non-ortho nitro benzene ring substituents is 1. The van der Waals surface area contributed by atoms with Crippen molar-refractivity contribution in [3.05, 3.63) is 76.0 Å². The van der Waals surface area contributed by atoms with E-state index < -0.39 is 10.8 Å². The lowest BCUT2D eigenvalue weighted by atomic mass is 10.1. The second kappa shape index (κ2) is 8.43. The van der Waals surface area contributed by atoms with Crippen molar-refractivity contribution in [1.82, 2.24) is 30.7 Å². The number of benzene rings is 2. The van der Waals surface area contributed by atoms with Crippen molar-refractivity contribution >= 4 is 23.1 Å². The van der Waals surface area contributed by atoms with Gasteiger partial charge in [0, 0.05) is 17.7 Å². The van der Waals surface area contributed by atoms with Crippen molar-refractivity contribution in [2.45, 2.75) is 6.92 Å². The number of anilines is 1. The number of aromatic nitrogens is 5. The first-order valence-corrected chi connectivity index (χ1v) is 9.14. The number of nitrogens with one attached hydrogen (secondary N) is 1. The van der Waals surface area contributed by atoms with Crippen LogP contribution < -0.4 is 11.2 Å². The molecule has 13 nitrogen and oxygen atoms in total. The van der Waals surface area contributed by atoms with Crippen LogP contribution in [-0.2, 0) is 0 Å². The summed E-state index contributed by atoms with van der Waals surface area (Å²) < 4.78 is 5.89. The molecule has 2 heterocycles. The van der Waals surface area contributed by atoms with Crippen LogP contribution in [0, 0.1) is 10.1 Å². The Kier molecular flexibility index (Phi) is 5.36. The molecule has 1 amide bonds. The van der Waals surface area contributed by atoms with Gasteiger partial charge in [0.1, 0.15) is 5.69 Å². The molecule has 4 aromatic rings. The molecular weight excluding hydrogens is 418 g/mol. The van der Waals surface area contributed by atoms with Crippen molar-refractivity contribution in [1.29, 1.82) is 0 Å². The molecule has 0 spiro atoms. The quantitative estimate of drug-likeness (QED) is 0.261. The number of carbonyl (C=O) groups is 1. The van der Waals surface area contributed by atoms with Crippen LogP contribution in [0.4, 0.5) is 11.5 Å². The molecule has 32 heavy (non-hydrogen) atoms. The smallest absolute Gasteiger partial charge is 0.294 e. The monoisotopic (exact) mass is 433 g/mol. The fourth-order valence-corrected chi connectivity index (χ4v) is 2.85. The maximum absolute atomic E-state index is 12.9.